The van der Waals surface area contributed by atoms with E-state index in [1.807, 2.05) is 0 Å². The van der Waals surface area contributed by atoms with Crippen molar-refractivity contribution in [2.24, 2.45) is 10.9 Å². The molecule has 90 valence electrons. The summed E-state index contributed by atoms with van der Waals surface area (Å²) in [4.78, 5) is 4.75. The molecule has 0 bridgehead atoms. The smallest absolute Gasteiger partial charge is 0.662 e. The van der Waals surface area contributed by atoms with Gasteiger partial charge in [0.2, 0.25) is 0 Å². The monoisotopic (exact) mass is 398 g/mol. The van der Waals surface area contributed by atoms with Crippen molar-refractivity contribution in [2.75, 3.05) is 13.1 Å². The molecule has 2 nitrogen and oxygen atoms in total. The van der Waals surface area contributed by atoms with Gasteiger partial charge in [0.25, 0.3) is 0 Å². The van der Waals surface area contributed by atoms with Crippen LogP contribution in [0.4, 0.5) is 5.69 Å². The molecule has 0 unspecified atom stereocenters. The zero-order valence-electron chi connectivity index (χ0n) is 10.2. The maximum atomic E-state index is 4.75. The molecule has 1 fully saturated rings. The van der Waals surface area contributed by atoms with Gasteiger partial charge in [-0.3, -0.25) is 4.99 Å². The Hall–Kier alpha value is -0.462. The fourth-order valence-corrected chi connectivity index (χ4v) is 2.48. The third-order valence-corrected chi connectivity index (χ3v) is 3.37. The van der Waals surface area contributed by atoms with Gasteiger partial charge >= 0.3 is 21.1 Å². The summed E-state index contributed by atoms with van der Waals surface area (Å²) in [5, 5.41) is 4.39. The van der Waals surface area contributed by atoms with Crippen LogP contribution in [-0.2, 0) is 27.5 Å². The molecule has 0 aliphatic carbocycles. The molecule has 17 heavy (non-hydrogen) atoms. The first kappa shape index (κ1) is 14.6. The molecule has 1 aromatic carbocycles. The van der Waals surface area contributed by atoms with Gasteiger partial charge in [-0.15, -0.1) is 13.1 Å². The molecule has 2 heterocycles. The van der Waals surface area contributed by atoms with Gasteiger partial charge in [-0.2, -0.15) is 0 Å². The van der Waals surface area contributed by atoms with Gasteiger partial charge in [-0.1, -0.05) is 31.0 Å². The van der Waals surface area contributed by atoms with Crippen LogP contribution >= 0.6 is 0 Å². The number of rotatable bonds is 1. The normalized spacial score (nSPS) is 18.7. The van der Waals surface area contributed by atoms with Crippen molar-refractivity contribution < 1.29 is 21.1 Å². The molecule has 0 amide bonds. The van der Waals surface area contributed by atoms with Crippen LogP contribution in [0.25, 0.3) is 5.32 Å². The number of para-hydroxylation sites is 1. The number of fused-ring (bicyclic) bond motifs is 1. The minimum atomic E-state index is 0. The fraction of sp³-hybridized carbons (Fsp3) is 0.429. The van der Waals surface area contributed by atoms with Crippen LogP contribution in [0.5, 0.6) is 0 Å². The minimum Gasteiger partial charge on any atom is -0.662 e. The molecule has 0 aromatic heterocycles. The zero-order chi connectivity index (χ0) is 10.1. The maximum Gasteiger partial charge on any atom is 2.00 e. The molecule has 2 aliphatic heterocycles. The molecule has 2 aliphatic rings. The molecule has 0 saturated carbocycles. The maximum absolute atomic E-state index is 4.75. The largest absolute Gasteiger partial charge is 2.00 e. The molecule has 1 saturated heterocycles. The molecule has 0 spiro atoms. The van der Waals surface area contributed by atoms with Crippen LogP contribution in [0.1, 0.15) is 18.4 Å². The van der Waals surface area contributed by atoms with Gasteiger partial charge in [-0.05, 0) is 17.5 Å². The van der Waals surface area contributed by atoms with E-state index >= 15 is 0 Å². The summed E-state index contributed by atoms with van der Waals surface area (Å²) in [5.74, 6) is 0.690. The van der Waals surface area contributed by atoms with Crippen LogP contribution in [0.2, 0.25) is 0 Å². The number of hydrogen-bond acceptors (Lipinski definition) is 1. The summed E-state index contributed by atoms with van der Waals surface area (Å²) in [6, 6.07) is 8.49. The first-order valence-corrected chi connectivity index (χ1v) is 5.72. The van der Waals surface area contributed by atoms with Crippen molar-refractivity contribution in [1.29, 1.82) is 0 Å². The van der Waals surface area contributed by atoms with E-state index in [2.05, 4.69) is 29.6 Å². The van der Waals surface area contributed by atoms with Crippen LogP contribution in [-0.4, -0.2) is 18.8 Å². The summed E-state index contributed by atoms with van der Waals surface area (Å²) in [6.45, 7) is 2.06. The summed E-state index contributed by atoms with van der Waals surface area (Å²) in [6.07, 6.45) is 3.47. The average molecular weight is 398 g/mol. The van der Waals surface area contributed by atoms with E-state index in [0.29, 0.717) is 5.92 Å². The predicted octanol–water partition coefficient (Wildman–Crippen LogP) is 3.55. The Balaban J connectivity index is 0.000000722. The number of hydrogen-bond donors (Lipinski definition) is 0. The Bertz CT molecular complexity index is 395. The van der Waals surface area contributed by atoms with E-state index in [4.69, 9.17) is 4.99 Å². The quantitative estimate of drug-likeness (QED) is 0.648. The second kappa shape index (κ2) is 6.47. The Morgan fingerprint density at radius 3 is 2.53 bits per heavy atom. The van der Waals surface area contributed by atoms with E-state index in [1.54, 1.807) is 0 Å². The van der Waals surface area contributed by atoms with Crippen LogP contribution < -0.4 is 0 Å². The van der Waals surface area contributed by atoms with Crippen molar-refractivity contribution in [3.63, 3.8) is 0 Å². The molecule has 1 aromatic rings. The Morgan fingerprint density at radius 1 is 1.12 bits per heavy atom. The van der Waals surface area contributed by atoms with Crippen LogP contribution in [0.15, 0.2) is 29.3 Å². The molecular weight excluding hydrogens is 380 g/mol. The molecule has 3 rings (SSSR count). The summed E-state index contributed by atoms with van der Waals surface area (Å²) >= 11 is 0. The van der Waals surface area contributed by atoms with E-state index in [1.165, 1.54) is 29.8 Å². The van der Waals surface area contributed by atoms with Crippen molar-refractivity contribution in [1.82, 2.24) is 0 Å². The van der Waals surface area contributed by atoms with Gasteiger partial charge in [0.15, 0.2) is 0 Å². The standard InChI is InChI=1S/C13H15N2.CH3.W/c1-2-4-12-11(3-1)9-13(15-12)10-5-7-14-8-6-10;;/h1-4,10H,5-9H2;1H3;/q2*-1;+2. The predicted molar refractivity (Wildman–Crippen MR) is 69.5 cm³/mol. The van der Waals surface area contributed by atoms with Crippen molar-refractivity contribution in [2.45, 2.75) is 19.3 Å². The third kappa shape index (κ3) is 3.05. The Kier molecular flexibility index (Phi) is 5.55. The number of aliphatic imine (C=N–C) groups is 1. The first-order chi connectivity index (χ1) is 7.43. The molecule has 0 atom stereocenters. The summed E-state index contributed by atoms with van der Waals surface area (Å²) < 4.78 is 0. The minimum absolute atomic E-state index is 0. The van der Waals surface area contributed by atoms with Gasteiger partial charge in [0.1, 0.15) is 0 Å². The molecular formula is C14H18N2W. The second-order valence-corrected chi connectivity index (χ2v) is 4.35. The number of nitrogens with zero attached hydrogens (tertiary/aromatic N) is 2. The van der Waals surface area contributed by atoms with Crippen LogP contribution in [0.3, 0.4) is 0 Å². The van der Waals surface area contributed by atoms with Gasteiger partial charge in [0.05, 0.1) is 5.69 Å². The Labute approximate surface area is 118 Å². The summed E-state index contributed by atoms with van der Waals surface area (Å²) in [7, 11) is 0. The SMILES string of the molecule is [CH3-].[W+2].c1ccc2c(c1)CC(C1CC[N-]CC1)=N2. The van der Waals surface area contributed by atoms with Crippen molar-refractivity contribution in [3.8, 4) is 0 Å². The van der Waals surface area contributed by atoms with Crippen molar-refractivity contribution in [3.05, 3.63) is 42.6 Å². The second-order valence-electron chi connectivity index (χ2n) is 4.35. The molecule has 0 radical (unpaired) electrons. The first-order valence-electron chi connectivity index (χ1n) is 5.72. The zero-order valence-corrected chi connectivity index (χ0v) is 13.2. The Morgan fingerprint density at radius 2 is 1.82 bits per heavy atom. The number of benzene rings is 1. The molecule has 0 N–H and O–H groups in total. The van der Waals surface area contributed by atoms with Crippen LogP contribution in [0, 0.1) is 13.3 Å². The van der Waals surface area contributed by atoms with Gasteiger partial charge < -0.3 is 12.7 Å². The summed E-state index contributed by atoms with van der Waals surface area (Å²) in [5.41, 5.74) is 3.98. The average Bonchev–Trinajstić information content (AvgIpc) is 2.74. The van der Waals surface area contributed by atoms with E-state index in [-0.39, 0.29) is 28.5 Å². The van der Waals surface area contributed by atoms with Crippen molar-refractivity contribution >= 4 is 11.4 Å². The number of piperidine rings is 1. The van der Waals surface area contributed by atoms with Gasteiger partial charge in [-0.25, -0.2) is 0 Å². The van der Waals surface area contributed by atoms with E-state index in [0.717, 1.165) is 19.5 Å². The van der Waals surface area contributed by atoms with E-state index < -0.39 is 0 Å². The van der Waals surface area contributed by atoms with Gasteiger partial charge in [0, 0.05) is 12.1 Å². The molecule has 3 heteroatoms. The topological polar surface area (TPSA) is 26.5 Å². The van der Waals surface area contributed by atoms with E-state index in [9.17, 15) is 0 Å². The third-order valence-electron chi connectivity index (χ3n) is 3.37. The fourth-order valence-electron chi connectivity index (χ4n) is 2.48.